The highest BCUT2D eigenvalue weighted by molar-refractivity contribution is 5.38. The maximum Gasteiger partial charge on any atom is 0.223 e. The number of pyridine rings is 2. The summed E-state index contributed by atoms with van der Waals surface area (Å²) in [5, 5.41) is 20.4. The summed E-state index contributed by atoms with van der Waals surface area (Å²) in [6, 6.07) is 4.62. The summed E-state index contributed by atoms with van der Waals surface area (Å²) in [6.07, 6.45) is 4.59. The third-order valence-corrected chi connectivity index (χ3v) is 2.94. The van der Waals surface area contributed by atoms with Crippen molar-refractivity contribution in [2.45, 2.75) is 12.5 Å². The molecule has 1 unspecified atom stereocenters. The minimum atomic E-state index is -1.49. The van der Waals surface area contributed by atoms with E-state index in [2.05, 4.69) is 4.98 Å². The summed E-state index contributed by atoms with van der Waals surface area (Å²) in [5.74, 6) is -0.450. The van der Waals surface area contributed by atoms with Crippen LogP contribution in [-0.4, -0.2) is 19.8 Å². The van der Waals surface area contributed by atoms with Crippen LogP contribution in [0.25, 0.3) is 0 Å². The molecule has 0 saturated heterocycles. The molecule has 0 fully saturated rings. The maximum absolute atomic E-state index is 11.5. The minimum absolute atomic E-state index is 0.142. The molecule has 2 aromatic rings. The fourth-order valence-corrected chi connectivity index (χ4v) is 1.98. The van der Waals surface area contributed by atoms with E-state index in [1.165, 1.54) is 30.0 Å². The third-order valence-electron chi connectivity index (χ3n) is 2.94. The van der Waals surface area contributed by atoms with E-state index in [4.69, 9.17) is 0 Å². The molecule has 18 heavy (non-hydrogen) atoms. The van der Waals surface area contributed by atoms with Gasteiger partial charge >= 0.3 is 0 Å². The Balaban J connectivity index is 2.69. The molecule has 0 aliphatic rings. The van der Waals surface area contributed by atoms with Crippen molar-refractivity contribution in [2.75, 3.05) is 0 Å². The van der Waals surface area contributed by atoms with Crippen LogP contribution in [0.1, 0.15) is 18.2 Å². The zero-order valence-electron chi connectivity index (χ0n) is 10.2. The molecule has 5 heteroatoms. The molecule has 2 aromatic heterocycles. The molecule has 0 radical (unpaired) electrons. The molecule has 2 rings (SSSR count). The highest BCUT2D eigenvalue weighted by atomic mass is 16.3. The van der Waals surface area contributed by atoms with Gasteiger partial charge in [-0.05, 0) is 13.0 Å². The number of hydrogen-bond acceptors (Lipinski definition) is 4. The lowest BCUT2D eigenvalue weighted by Crippen LogP contribution is -2.29. The minimum Gasteiger partial charge on any atom is -0.503 e. The molecular weight excluding hydrogens is 232 g/mol. The van der Waals surface area contributed by atoms with Crippen molar-refractivity contribution in [1.29, 1.82) is 0 Å². The lowest BCUT2D eigenvalue weighted by Gasteiger charge is -2.26. The largest absolute Gasteiger partial charge is 0.503 e. The topological polar surface area (TPSA) is 75.4 Å². The fraction of sp³-hybridized carbons (Fsp3) is 0.231. The first-order chi connectivity index (χ1) is 8.44. The Morgan fingerprint density at radius 3 is 2.72 bits per heavy atom. The van der Waals surface area contributed by atoms with Gasteiger partial charge in [-0.1, -0.05) is 6.07 Å². The Labute approximate surface area is 104 Å². The molecule has 2 heterocycles. The fourth-order valence-electron chi connectivity index (χ4n) is 1.98. The van der Waals surface area contributed by atoms with Crippen molar-refractivity contribution in [3.8, 4) is 5.75 Å². The molecule has 0 spiro atoms. The highest BCUT2D eigenvalue weighted by Gasteiger charge is 2.32. The van der Waals surface area contributed by atoms with E-state index < -0.39 is 16.8 Å². The van der Waals surface area contributed by atoms with E-state index in [1.54, 1.807) is 25.4 Å². The molecule has 0 aliphatic carbocycles. The third kappa shape index (κ3) is 1.89. The van der Waals surface area contributed by atoms with E-state index in [0.29, 0.717) is 5.56 Å². The van der Waals surface area contributed by atoms with Crippen LogP contribution in [0.4, 0.5) is 0 Å². The van der Waals surface area contributed by atoms with Gasteiger partial charge in [-0.3, -0.25) is 9.78 Å². The Morgan fingerprint density at radius 1 is 1.39 bits per heavy atom. The van der Waals surface area contributed by atoms with Crippen LogP contribution >= 0.6 is 0 Å². The molecule has 0 saturated carbocycles. The van der Waals surface area contributed by atoms with Crippen LogP contribution < -0.4 is 5.43 Å². The second-order valence-corrected chi connectivity index (χ2v) is 4.30. The van der Waals surface area contributed by atoms with E-state index in [0.717, 1.165) is 0 Å². The van der Waals surface area contributed by atoms with Gasteiger partial charge < -0.3 is 14.8 Å². The van der Waals surface area contributed by atoms with Gasteiger partial charge in [0, 0.05) is 37.3 Å². The standard InChI is InChI=1S/C13H14N2O3/c1-13(18,9-4-3-6-14-8-9)12-11(17)10(16)5-7-15(12)2/h3-8,17-18H,1-2H3. The molecule has 0 amide bonds. The number of aromatic hydroxyl groups is 1. The maximum atomic E-state index is 11.5. The summed E-state index contributed by atoms with van der Waals surface area (Å²) in [6.45, 7) is 1.51. The van der Waals surface area contributed by atoms with Crippen molar-refractivity contribution < 1.29 is 10.2 Å². The highest BCUT2D eigenvalue weighted by Crippen LogP contribution is 2.31. The predicted molar refractivity (Wildman–Crippen MR) is 66.3 cm³/mol. The molecule has 94 valence electrons. The molecule has 0 bridgehead atoms. The van der Waals surface area contributed by atoms with Crippen LogP contribution in [0.5, 0.6) is 5.75 Å². The van der Waals surface area contributed by atoms with Gasteiger partial charge in [0.05, 0.1) is 0 Å². The number of aliphatic hydroxyl groups is 1. The van der Waals surface area contributed by atoms with Crippen LogP contribution in [0, 0.1) is 0 Å². The average Bonchev–Trinajstić information content (AvgIpc) is 2.35. The van der Waals surface area contributed by atoms with Crippen molar-refractivity contribution in [3.63, 3.8) is 0 Å². The van der Waals surface area contributed by atoms with Gasteiger partial charge in [-0.2, -0.15) is 0 Å². The zero-order chi connectivity index (χ0) is 13.3. The summed E-state index contributed by atoms with van der Waals surface area (Å²) < 4.78 is 1.52. The van der Waals surface area contributed by atoms with Crippen molar-refractivity contribution in [3.05, 3.63) is 58.3 Å². The SMILES string of the molecule is Cn1ccc(=O)c(O)c1C(C)(O)c1cccnc1. The smallest absolute Gasteiger partial charge is 0.223 e. The molecule has 0 aliphatic heterocycles. The lowest BCUT2D eigenvalue weighted by atomic mass is 9.92. The van der Waals surface area contributed by atoms with Crippen molar-refractivity contribution in [2.24, 2.45) is 7.05 Å². The van der Waals surface area contributed by atoms with Crippen LogP contribution in [0.2, 0.25) is 0 Å². The second-order valence-electron chi connectivity index (χ2n) is 4.30. The zero-order valence-corrected chi connectivity index (χ0v) is 10.2. The molecule has 1 atom stereocenters. The van der Waals surface area contributed by atoms with E-state index in [9.17, 15) is 15.0 Å². The monoisotopic (exact) mass is 246 g/mol. The Kier molecular flexibility index (Phi) is 2.92. The lowest BCUT2D eigenvalue weighted by molar-refractivity contribution is 0.0893. The first kappa shape index (κ1) is 12.3. The van der Waals surface area contributed by atoms with Crippen LogP contribution in [0.3, 0.4) is 0 Å². The number of aromatic nitrogens is 2. The molecular formula is C13H14N2O3. The summed E-state index contributed by atoms with van der Waals surface area (Å²) in [4.78, 5) is 15.4. The van der Waals surface area contributed by atoms with E-state index in [1.807, 2.05) is 0 Å². The van der Waals surface area contributed by atoms with Gasteiger partial charge in [-0.25, -0.2) is 0 Å². The van der Waals surface area contributed by atoms with Crippen LogP contribution in [0.15, 0.2) is 41.6 Å². The average molecular weight is 246 g/mol. The number of nitrogens with zero attached hydrogens (tertiary/aromatic N) is 2. The van der Waals surface area contributed by atoms with Gasteiger partial charge in [0.2, 0.25) is 5.43 Å². The number of aryl methyl sites for hydroxylation is 1. The second kappa shape index (κ2) is 4.27. The van der Waals surface area contributed by atoms with Crippen molar-refractivity contribution >= 4 is 0 Å². The van der Waals surface area contributed by atoms with Gasteiger partial charge in [-0.15, -0.1) is 0 Å². The molecule has 5 nitrogen and oxygen atoms in total. The Morgan fingerprint density at radius 2 is 2.11 bits per heavy atom. The first-order valence-corrected chi connectivity index (χ1v) is 5.46. The predicted octanol–water partition coefficient (Wildman–Crippen LogP) is 0.742. The van der Waals surface area contributed by atoms with Gasteiger partial charge in [0.1, 0.15) is 11.3 Å². The molecule has 0 aromatic carbocycles. The van der Waals surface area contributed by atoms with E-state index in [-0.39, 0.29) is 5.69 Å². The number of hydrogen-bond donors (Lipinski definition) is 2. The van der Waals surface area contributed by atoms with Gasteiger partial charge in [0.25, 0.3) is 0 Å². The summed E-state index contributed by atoms with van der Waals surface area (Å²) in [5.41, 5.74) is -1.37. The normalized spacial score (nSPS) is 14.2. The van der Waals surface area contributed by atoms with Crippen LogP contribution in [-0.2, 0) is 12.6 Å². The number of rotatable bonds is 2. The molecule has 2 N–H and O–H groups in total. The first-order valence-electron chi connectivity index (χ1n) is 5.46. The quantitative estimate of drug-likeness (QED) is 0.819. The Hall–Kier alpha value is -2.14. The van der Waals surface area contributed by atoms with E-state index >= 15 is 0 Å². The van der Waals surface area contributed by atoms with Crippen molar-refractivity contribution in [1.82, 2.24) is 9.55 Å². The Bertz CT molecular complexity index is 618. The van der Waals surface area contributed by atoms with Gasteiger partial charge in [0.15, 0.2) is 5.75 Å². The summed E-state index contributed by atoms with van der Waals surface area (Å²) >= 11 is 0. The summed E-state index contributed by atoms with van der Waals surface area (Å²) in [7, 11) is 1.65.